The second kappa shape index (κ2) is 4.33. The molecule has 0 spiro atoms. The SMILES string of the molecule is CCCCc1cc2c(nc1N)[nH]c1ccccc12. The Labute approximate surface area is 106 Å². The van der Waals surface area contributed by atoms with Crippen LogP contribution in [0.1, 0.15) is 25.3 Å². The molecule has 0 bridgehead atoms. The minimum Gasteiger partial charge on any atom is -0.383 e. The standard InChI is InChI=1S/C15H17N3/c1-2-3-6-10-9-12-11-7-4-5-8-13(11)17-15(12)18-14(10)16/h4-5,7-9H,2-3,6H2,1H3,(H3,16,17,18). The zero-order valence-corrected chi connectivity index (χ0v) is 10.5. The van der Waals surface area contributed by atoms with Crippen LogP contribution in [-0.4, -0.2) is 9.97 Å². The Morgan fingerprint density at radius 2 is 2.06 bits per heavy atom. The highest BCUT2D eigenvalue weighted by molar-refractivity contribution is 6.06. The van der Waals surface area contributed by atoms with Crippen LogP contribution in [0, 0.1) is 0 Å². The van der Waals surface area contributed by atoms with Gasteiger partial charge in [-0.05, 0) is 30.5 Å². The van der Waals surface area contributed by atoms with E-state index in [1.165, 1.54) is 17.2 Å². The first-order valence-corrected chi connectivity index (χ1v) is 6.45. The lowest BCUT2D eigenvalue weighted by molar-refractivity contribution is 0.795. The molecule has 3 N–H and O–H groups in total. The van der Waals surface area contributed by atoms with Gasteiger partial charge in [-0.15, -0.1) is 0 Å². The molecule has 0 aliphatic rings. The number of hydrogen-bond donors (Lipinski definition) is 2. The van der Waals surface area contributed by atoms with Gasteiger partial charge in [0.15, 0.2) is 0 Å². The molecule has 0 unspecified atom stereocenters. The number of aryl methyl sites for hydroxylation is 1. The van der Waals surface area contributed by atoms with Gasteiger partial charge in [-0.1, -0.05) is 31.5 Å². The highest BCUT2D eigenvalue weighted by atomic mass is 14.9. The van der Waals surface area contributed by atoms with Gasteiger partial charge in [-0.2, -0.15) is 0 Å². The molecule has 0 amide bonds. The summed E-state index contributed by atoms with van der Waals surface area (Å²) in [6.07, 6.45) is 3.33. The Hall–Kier alpha value is -2.03. The highest BCUT2D eigenvalue weighted by Gasteiger charge is 2.08. The van der Waals surface area contributed by atoms with Gasteiger partial charge in [0.05, 0.1) is 0 Å². The van der Waals surface area contributed by atoms with Crippen molar-refractivity contribution in [3.63, 3.8) is 0 Å². The number of hydrogen-bond acceptors (Lipinski definition) is 2. The minimum atomic E-state index is 0.655. The van der Waals surface area contributed by atoms with Gasteiger partial charge in [0.2, 0.25) is 0 Å². The molecular weight excluding hydrogens is 222 g/mol. The molecular formula is C15H17N3. The molecule has 18 heavy (non-hydrogen) atoms. The van der Waals surface area contributed by atoms with Crippen LogP contribution in [0.25, 0.3) is 21.9 Å². The molecule has 92 valence electrons. The number of rotatable bonds is 3. The number of anilines is 1. The number of nitrogens with one attached hydrogen (secondary N) is 1. The number of nitrogens with zero attached hydrogens (tertiary/aromatic N) is 1. The number of nitrogen functional groups attached to an aromatic ring is 1. The smallest absolute Gasteiger partial charge is 0.140 e. The van der Waals surface area contributed by atoms with Crippen LogP contribution >= 0.6 is 0 Å². The number of aromatic nitrogens is 2. The predicted molar refractivity (Wildman–Crippen MR) is 76.6 cm³/mol. The molecule has 0 atom stereocenters. The second-order valence-corrected chi connectivity index (χ2v) is 4.70. The second-order valence-electron chi connectivity index (χ2n) is 4.70. The van der Waals surface area contributed by atoms with Crippen molar-refractivity contribution in [3.05, 3.63) is 35.9 Å². The number of H-pyrrole nitrogens is 1. The summed E-state index contributed by atoms with van der Waals surface area (Å²) in [5.41, 5.74) is 9.18. The molecule has 0 aliphatic heterocycles. The number of benzene rings is 1. The summed E-state index contributed by atoms with van der Waals surface area (Å²) in [4.78, 5) is 7.80. The summed E-state index contributed by atoms with van der Waals surface area (Å²) in [7, 11) is 0. The maximum absolute atomic E-state index is 6.02. The van der Waals surface area contributed by atoms with E-state index in [0.717, 1.165) is 29.6 Å². The van der Waals surface area contributed by atoms with E-state index in [2.05, 4.69) is 41.2 Å². The van der Waals surface area contributed by atoms with Crippen molar-refractivity contribution in [2.75, 3.05) is 5.73 Å². The molecule has 1 aromatic carbocycles. The highest BCUT2D eigenvalue weighted by Crippen LogP contribution is 2.27. The Morgan fingerprint density at radius 3 is 2.89 bits per heavy atom. The van der Waals surface area contributed by atoms with Gasteiger partial charge in [0.1, 0.15) is 11.5 Å². The van der Waals surface area contributed by atoms with Crippen molar-refractivity contribution < 1.29 is 0 Å². The van der Waals surface area contributed by atoms with Gasteiger partial charge in [0.25, 0.3) is 0 Å². The maximum Gasteiger partial charge on any atom is 0.140 e. The van der Waals surface area contributed by atoms with E-state index in [4.69, 9.17) is 5.73 Å². The number of aromatic amines is 1. The number of para-hydroxylation sites is 1. The van der Waals surface area contributed by atoms with Crippen molar-refractivity contribution in [3.8, 4) is 0 Å². The summed E-state index contributed by atoms with van der Waals surface area (Å²) in [6.45, 7) is 2.19. The Balaban J connectivity index is 2.22. The normalized spacial score (nSPS) is 11.4. The van der Waals surface area contributed by atoms with E-state index >= 15 is 0 Å². The fourth-order valence-corrected chi connectivity index (χ4v) is 2.39. The first-order valence-electron chi connectivity index (χ1n) is 6.45. The molecule has 0 radical (unpaired) electrons. The molecule has 3 rings (SSSR count). The minimum absolute atomic E-state index is 0.655. The van der Waals surface area contributed by atoms with Crippen molar-refractivity contribution in [2.24, 2.45) is 0 Å². The largest absolute Gasteiger partial charge is 0.383 e. The molecule has 3 aromatic rings. The summed E-state index contributed by atoms with van der Waals surface area (Å²) in [5.74, 6) is 0.655. The van der Waals surface area contributed by atoms with Crippen LogP contribution < -0.4 is 5.73 Å². The molecule has 3 nitrogen and oxygen atoms in total. The summed E-state index contributed by atoms with van der Waals surface area (Å²) >= 11 is 0. The Morgan fingerprint density at radius 1 is 1.22 bits per heavy atom. The molecule has 0 fully saturated rings. The third-order valence-corrected chi connectivity index (χ3v) is 3.40. The molecule has 2 heterocycles. The lowest BCUT2D eigenvalue weighted by Crippen LogP contribution is -1.98. The van der Waals surface area contributed by atoms with Crippen molar-refractivity contribution in [1.29, 1.82) is 0 Å². The third kappa shape index (κ3) is 1.72. The first kappa shape index (κ1) is 11.1. The van der Waals surface area contributed by atoms with E-state index < -0.39 is 0 Å². The fraction of sp³-hybridized carbons (Fsp3) is 0.267. The van der Waals surface area contributed by atoms with Gasteiger partial charge in [-0.25, -0.2) is 4.98 Å². The monoisotopic (exact) mass is 239 g/mol. The Bertz CT molecular complexity index is 697. The van der Waals surface area contributed by atoms with Crippen LogP contribution in [-0.2, 0) is 6.42 Å². The molecule has 2 aromatic heterocycles. The predicted octanol–water partition coefficient (Wildman–Crippen LogP) is 3.64. The number of nitrogens with two attached hydrogens (primary N) is 1. The van der Waals surface area contributed by atoms with Crippen LogP contribution in [0.4, 0.5) is 5.82 Å². The van der Waals surface area contributed by atoms with Crippen LogP contribution in [0.2, 0.25) is 0 Å². The molecule has 3 heteroatoms. The van der Waals surface area contributed by atoms with Gasteiger partial charge in [-0.3, -0.25) is 0 Å². The first-order chi connectivity index (χ1) is 8.79. The van der Waals surface area contributed by atoms with Gasteiger partial charge >= 0.3 is 0 Å². The number of fused-ring (bicyclic) bond motifs is 3. The van der Waals surface area contributed by atoms with E-state index in [9.17, 15) is 0 Å². The lowest BCUT2D eigenvalue weighted by atomic mass is 10.1. The van der Waals surface area contributed by atoms with Crippen molar-refractivity contribution in [2.45, 2.75) is 26.2 Å². The quantitative estimate of drug-likeness (QED) is 0.733. The van der Waals surface area contributed by atoms with Gasteiger partial charge < -0.3 is 10.7 Å². The summed E-state index contributed by atoms with van der Waals surface area (Å²) in [6, 6.07) is 10.5. The summed E-state index contributed by atoms with van der Waals surface area (Å²) < 4.78 is 0. The zero-order valence-electron chi connectivity index (χ0n) is 10.5. The topological polar surface area (TPSA) is 54.7 Å². The lowest BCUT2D eigenvalue weighted by Gasteiger charge is -2.04. The molecule has 0 saturated carbocycles. The molecule has 0 aliphatic carbocycles. The van der Waals surface area contributed by atoms with Crippen LogP contribution in [0.5, 0.6) is 0 Å². The van der Waals surface area contributed by atoms with E-state index in [1.807, 2.05) is 6.07 Å². The maximum atomic E-state index is 6.02. The van der Waals surface area contributed by atoms with E-state index in [1.54, 1.807) is 0 Å². The average molecular weight is 239 g/mol. The number of pyridine rings is 1. The van der Waals surface area contributed by atoms with Gasteiger partial charge in [0, 0.05) is 16.3 Å². The van der Waals surface area contributed by atoms with E-state index in [0.29, 0.717) is 5.82 Å². The Kier molecular flexibility index (Phi) is 2.67. The fourth-order valence-electron chi connectivity index (χ4n) is 2.39. The van der Waals surface area contributed by atoms with Crippen LogP contribution in [0.3, 0.4) is 0 Å². The summed E-state index contributed by atoms with van der Waals surface area (Å²) in [5, 5.41) is 2.39. The average Bonchev–Trinajstić information content (AvgIpc) is 2.73. The zero-order chi connectivity index (χ0) is 12.5. The number of unbranched alkanes of at least 4 members (excludes halogenated alkanes) is 1. The van der Waals surface area contributed by atoms with E-state index in [-0.39, 0.29) is 0 Å². The third-order valence-electron chi connectivity index (χ3n) is 3.40. The van der Waals surface area contributed by atoms with Crippen molar-refractivity contribution >= 4 is 27.8 Å². The molecule has 0 saturated heterocycles. The van der Waals surface area contributed by atoms with Crippen LogP contribution in [0.15, 0.2) is 30.3 Å². The van der Waals surface area contributed by atoms with Crippen molar-refractivity contribution in [1.82, 2.24) is 9.97 Å².